The molecule has 0 fully saturated rings. The summed E-state index contributed by atoms with van der Waals surface area (Å²) >= 11 is 13.1. The zero-order chi connectivity index (χ0) is 18.0. The summed E-state index contributed by atoms with van der Waals surface area (Å²) in [5, 5.41) is 0.934. The normalized spacial score (nSPS) is 13.6. The number of rotatable bonds is 5. The largest absolute Gasteiger partial charge is 0.368 e. The average Bonchev–Trinajstić information content (AvgIpc) is 3.05. The fraction of sp³-hybridized carbons (Fsp3) is 0.0667. The number of nitrogen functional groups attached to an aromatic ring is 1. The van der Waals surface area contributed by atoms with Crippen molar-refractivity contribution >= 4 is 50.9 Å². The summed E-state index contributed by atoms with van der Waals surface area (Å²) < 4.78 is 25.8. The Labute approximate surface area is 159 Å². The van der Waals surface area contributed by atoms with Crippen molar-refractivity contribution in [2.75, 3.05) is 5.73 Å². The Balaban J connectivity index is 1.77. The van der Waals surface area contributed by atoms with Gasteiger partial charge in [-0.1, -0.05) is 45.3 Å². The van der Waals surface area contributed by atoms with Crippen LogP contribution in [0.4, 0.5) is 5.95 Å². The first kappa shape index (κ1) is 18.2. The van der Waals surface area contributed by atoms with E-state index in [1.807, 2.05) is 0 Å². The van der Waals surface area contributed by atoms with Crippen molar-refractivity contribution in [3.63, 3.8) is 0 Å². The molecule has 0 radical (unpaired) electrons. The summed E-state index contributed by atoms with van der Waals surface area (Å²) in [6.07, 6.45) is 1.54. The SMILES string of the molecule is Nc1nccc(-c2ccc([S+](=O)(O)NCc3ccc(Cl)cc3Cl)s2)n1. The Morgan fingerprint density at radius 1 is 1.24 bits per heavy atom. The molecule has 0 aliphatic rings. The highest BCUT2D eigenvalue weighted by Crippen LogP contribution is 2.31. The van der Waals surface area contributed by atoms with Gasteiger partial charge in [-0.15, -0.1) is 0 Å². The van der Waals surface area contributed by atoms with E-state index in [-0.39, 0.29) is 16.7 Å². The Hall–Kier alpha value is -1.55. The van der Waals surface area contributed by atoms with Crippen LogP contribution in [0.5, 0.6) is 0 Å². The van der Waals surface area contributed by atoms with E-state index in [0.29, 0.717) is 21.3 Å². The second kappa shape index (κ2) is 7.36. The Morgan fingerprint density at radius 2 is 2.04 bits per heavy atom. The second-order valence-electron chi connectivity index (χ2n) is 5.00. The van der Waals surface area contributed by atoms with Gasteiger partial charge < -0.3 is 5.73 Å². The number of nitrogens with two attached hydrogens (primary N) is 1. The van der Waals surface area contributed by atoms with Crippen molar-refractivity contribution in [1.82, 2.24) is 14.7 Å². The quantitative estimate of drug-likeness (QED) is 0.543. The molecule has 0 spiro atoms. The highest BCUT2D eigenvalue weighted by Gasteiger charge is 2.31. The third-order valence-corrected chi connectivity index (χ3v) is 6.89. The summed E-state index contributed by atoms with van der Waals surface area (Å²) in [5.74, 6) is 0.146. The van der Waals surface area contributed by atoms with Gasteiger partial charge in [-0.2, -0.15) is 4.55 Å². The number of thiophene rings is 1. The highest BCUT2D eigenvalue weighted by atomic mass is 35.5. The third-order valence-electron chi connectivity index (χ3n) is 3.25. The predicted octanol–water partition coefficient (Wildman–Crippen LogP) is 4.13. The van der Waals surface area contributed by atoms with Gasteiger partial charge in [-0.3, -0.25) is 0 Å². The van der Waals surface area contributed by atoms with Gasteiger partial charge in [0.05, 0.1) is 17.1 Å². The molecule has 3 rings (SSSR count). The lowest BCUT2D eigenvalue weighted by Gasteiger charge is -2.06. The van der Waals surface area contributed by atoms with E-state index >= 15 is 0 Å². The number of benzene rings is 1. The van der Waals surface area contributed by atoms with E-state index in [1.54, 1.807) is 36.4 Å². The predicted molar refractivity (Wildman–Crippen MR) is 102 cm³/mol. The monoisotopic (exact) mass is 415 g/mol. The zero-order valence-electron chi connectivity index (χ0n) is 12.6. The molecule has 0 bridgehead atoms. The Bertz CT molecular complexity index is 964. The molecule has 1 aromatic carbocycles. The summed E-state index contributed by atoms with van der Waals surface area (Å²) in [4.78, 5) is 8.65. The highest BCUT2D eigenvalue weighted by molar-refractivity contribution is 7.97. The van der Waals surface area contributed by atoms with Crippen molar-refractivity contribution < 1.29 is 8.76 Å². The van der Waals surface area contributed by atoms with E-state index in [1.165, 1.54) is 6.20 Å². The molecular weight excluding hydrogens is 403 g/mol. The second-order valence-corrected chi connectivity index (χ2v) is 8.97. The molecule has 1 unspecified atom stereocenters. The molecule has 10 heteroatoms. The summed E-state index contributed by atoms with van der Waals surface area (Å²) in [6.45, 7) is 0.124. The van der Waals surface area contributed by atoms with Crippen molar-refractivity contribution in [3.8, 4) is 10.6 Å². The molecule has 0 aliphatic carbocycles. The lowest BCUT2D eigenvalue weighted by Crippen LogP contribution is -2.28. The van der Waals surface area contributed by atoms with Crippen molar-refractivity contribution in [2.45, 2.75) is 10.8 Å². The maximum absolute atomic E-state index is 12.6. The van der Waals surface area contributed by atoms with E-state index in [2.05, 4.69) is 14.7 Å². The first-order valence-electron chi connectivity index (χ1n) is 6.99. The van der Waals surface area contributed by atoms with Gasteiger partial charge in [0.2, 0.25) is 5.95 Å². The molecule has 2 heterocycles. The molecule has 1 atom stereocenters. The fourth-order valence-corrected chi connectivity index (χ4v) is 4.86. The van der Waals surface area contributed by atoms with Gasteiger partial charge in [0.25, 0.3) is 4.21 Å². The number of halogens is 2. The molecule has 2 aromatic heterocycles. The lowest BCUT2D eigenvalue weighted by molar-refractivity contribution is 0.485. The van der Waals surface area contributed by atoms with Crippen molar-refractivity contribution in [2.24, 2.45) is 0 Å². The third kappa shape index (κ3) is 4.35. The summed E-state index contributed by atoms with van der Waals surface area (Å²) in [5.41, 5.74) is 6.84. The van der Waals surface area contributed by atoms with Crippen LogP contribution in [0.25, 0.3) is 10.6 Å². The van der Waals surface area contributed by atoms with Gasteiger partial charge in [0, 0.05) is 22.3 Å². The fourth-order valence-electron chi connectivity index (χ4n) is 2.03. The number of aromatic nitrogens is 2. The van der Waals surface area contributed by atoms with Crippen LogP contribution < -0.4 is 10.5 Å². The molecule has 4 N–H and O–H groups in total. The van der Waals surface area contributed by atoms with Crippen LogP contribution in [0.3, 0.4) is 0 Å². The summed E-state index contributed by atoms with van der Waals surface area (Å²) in [6, 6.07) is 9.95. The van der Waals surface area contributed by atoms with Crippen LogP contribution in [0.1, 0.15) is 5.56 Å². The minimum atomic E-state index is -3.43. The standard InChI is InChI=1S/C15H12Cl2N4O2S2/c16-10-2-1-9(11(17)7-10)8-20-25(22,23)14-4-3-13(24-14)12-5-6-19-15(18)21-12/h1-7H,8H2,(H3-,18,19,20,21,22,23)/p+1. The topological polar surface area (TPSA) is 101 Å². The van der Waals surface area contributed by atoms with Gasteiger partial charge in [0.1, 0.15) is 0 Å². The molecule has 3 aromatic rings. The maximum Gasteiger partial charge on any atom is 0.333 e. The van der Waals surface area contributed by atoms with E-state index < -0.39 is 10.4 Å². The number of anilines is 1. The molecular formula is C15H13Cl2N4O2S2+. The first-order valence-corrected chi connectivity index (χ1v) is 10.1. The van der Waals surface area contributed by atoms with Crippen LogP contribution >= 0.6 is 34.5 Å². The minimum absolute atomic E-state index is 0.124. The average molecular weight is 416 g/mol. The van der Waals surface area contributed by atoms with Gasteiger partial charge in [0.15, 0.2) is 0 Å². The van der Waals surface area contributed by atoms with Crippen LogP contribution in [0.15, 0.2) is 46.8 Å². The van der Waals surface area contributed by atoms with Crippen LogP contribution in [-0.4, -0.2) is 14.5 Å². The molecule has 6 nitrogen and oxygen atoms in total. The lowest BCUT2D eigenvalue weighted by atomic mass is 10.2. The number of nitrogens with one attached hydrogen (secondary N) is 1. The number of hydrogen-bond acceptors (Lipinski definition) is 5. The summed E-state index contributed by atoms with van der Waals surface area (Å²) in [7, 11) is -3.43. The molecule has 25 heavy (non-hydrogen) atoms. The number of hydrogen-bond donors (Lipinski definition) is 3. The van der Waals surface area contributed by atoms with Crippen molar-refractivity contribution in [1.29, 1.82) is 0 Å². The maximum atomic E-state index is 12.6. The van der Waals surface area contributed by atoms with Crippen LogP contribution in [0, 0.1) is 0 Å². The Kier molecular flexibility index (Phi) is 5.38. The van der Waals surface area contributed by atoms with E-state index in [0.717, 1.165) is 16.2 Å². The molecule has 0 saturated heterocycles. The first-order chi connectivity index (χ1) is 11.8. The molecule has 0 amide bonds. The van der Waals surface area contributed by atoms with Gasteiger partial charge in [-0.25, -0.2) is 9.97 Å². The van der Waals surface area contributed by atoms with Gasteiger partial charge >= 0.3 is 10.4 Å². The van der Waals surface area contributed by atoms with Crippen molar-refractivity contribution in [3.05, 3.63) is 58.2 Å². The molecule has 0 aliphatic heterocycles. The van der Waals surface area contributed by atoms with Crippen LogP contribution in [0.2, 0.25) is 10.0 Å². The molecule has 0 saturated carbocycles. The smallest absolute Gasteiger partial charge is 0.333 e. The minimum Gasteiger partial charge on any atom is -0.368 e. The Morgan fingerprint density at radius 3 is 2.76 bits per heavy atom. The molecule has 130 valence electrons. The number of nitrogens with zero attached hydrogens (tertiary/aromatic N) is 2. The van der Waals surface area contributed by atoms with Crippen LogP contribution in [-0.2, 0) is 21.2 Å². The van der Waals surface area contributed by atoms with E-state index in [9.17, 15) is 8.76 Å². The van der Waals surface area contributed by atoms with E-state index in [4.69, 9.17) is 28.9 Å². The van der Waals surface area contributed by atoms with Gasteiger partial charge in [-0.05, 0) is 34.0 Å². The zero-order valence-corrected chi connectivity index (χ0v) is 15.8.